The summed E-state index contributed by atoms with van der Waals surface area (Å²) in [4.78, 5) is 24.2. The van der Waals surface area contributed by atoms with Crippen molar-refractivity contribution >= 4 is 17.5 Å². The molecule has 0 heterocycles. The predicted molar refractivity (Wildman–Crippen MR) is 87.6 cm³/mol. The monoisotopic (exact) mass is 303 g/mol. The van der Waals surface area contributed by atoms with Crippen LogP contribution in [0.2, 0.25) is 0 Å². The number of nitrogens with one attached hydrogen (secondary N) is 2. The molecule has 5 nitrogen and oxygen atoms in total. The molecule has 1 aliphatic rings. The maximum Gasteiger partial charge on any atom is 0.251 e. The maximum atomic E-state index is 12.2. The van der Waals surface area contributed by atoms with Gasteiger partial charge in [0.15, 0.2) is 0 Å². The fourth-order valence-corrected chi connectivity index (χ4v) is 2.67. The molecule has 2 rings (SSSR count). The highest BCUT2D eigenvalue weighted by atomic mass is 16.2. The molecule has 1 aromatic carbocycles. The third-order valence-electron chi connectivity index (χ3n) is 3.81. The van der Waals surface area contributed by atoms with Crippen LogP contribution in [0.5, 0.6) is 0 Å². The summed E-state index contributed by atoms with van der Waals surface area (Å²) in [7, 11) is 0. The Bertz CT molecular complexity index is 546. The van der Waals surface area contributed by atoms with Gasteiger partial charge in [-0.05, 0) is 57.9 Å². The number of anilines is 1. The topological polar surface area (TPSA) is 84.2 Å². The summed E-state index contributed by atoms with van der Waals surface area (Å²) >= 11 is 0. The van der Waals surface area contributed by atoms with Crippen LogP contribution in [0.3, 0.4) is 0 Å². The Morgan fingerprint density at radius 1 is 1.14 bits per heavy atom. The fourth-order valence-electron chi connectivity index (χ4n) is 2.67. The van der Waals surface area contributed by atoms with Gasteiger partial charge in [-0.3, -0.25) is 9.59 Å². The lowest BCUT2D eigenvalue weighted by atomic mass is 10.0. The molecule has 0 bridgehead atoms. The van der Waals surface area contributed by atoms with Crippen LogP contribution < -0.4 is 16.4 Å². The van der Waals surface area contributed by atoms with Gasteiger partial charge in [0, 0.05) is 22.8 Å². The Morgan fingerprint density at radius 2 is 1.77 bits per heavy atom. The highest BCUT2D eigenvalue weighted by Crippen LogP contribution is 2.25. The number of hydrogen-bond donors (Lipinski definition) is 3. The molecule has 1 fully saturated rings. The van der Waals surface area contributed by atoms with Gasteiger partial charge in [-0.25, -0.2) is 0 Å². The van der Waals surface area contributed by atoms with Gasteiger partial charge in [-0.15, -0.1) is 0 Å². The number of amides is 2. The van der Waals surface area contributed by atoms with Gasteiger partial charge in [-0.1, -0.05) is 6.42 Å². The molecular weight excluding hydrogens is 278 g/mol. The average Bonchev–Trinajstić information content (AvgIpc) is 2.84. The number of carbonyl (C=O) groups is 2. The van der Waals surface area contributed by atoms with Crippen molar-refractivity contribution in [2.24, 2.45) is 11.7 Å². The molecule has 2 amide bonds. The largest absolute Gasteiger partial charge is 0.347 e. The van der Waals surface area contributed by atoms with Crippen molar-refractivity contribution in [3.05, 3.63) is 29.8 Å². The zero-order chi connectivity index (χ0) is 16.3. The normalized spacial score (nSPS) is 21.5. The number of benzene rings is 1. The number of nitrogens with two attached hydrogens (primary N) is 1. The van der Waals surface area contributed by atoms with Crippen LogP contribution in [0.15, 0.2) is 24.3 Å². The molecular formula is C17H25N3O2. The molecule has 0 aliphatic heterocycles. The van der Waals surface area contributed by atoms with Gasteiger partial charge in [0.05, 0.1) is 5.92 Å². The second kappa shape index (κ2) is 6.48. The van der Waals surface area contributed by atoms with E-state index in [0.717, 1.165) is 19.3 Å². The summed E-state index contributed by atoms with van der Waals surface area (Å²) in [5, 5.41) is 5.78. The molecule has 1 aliphatic carbocycles. The van der Waals surface area contributed by atoms with Crippen molar-refractivity contribution in [2.75, 3.05) is 5.32 Å². The summed E-state index contributed by atoms with van der Waals surface area (Å²) in [5.74, 6) is -0.260. The van der Waals surface area contributed by atoms with Crippen molar-refractivity contribution in [2.45, 2.75) is 51.6 Å². The molecule has 120 valence electrons. The van der Waals surface area contributed by atoms with E-state index in [1.165, 1.54) is 0 Å². The van der Waals surface area contributed by atoms with E-state index in [4.69, 9.17) is 5.73 Å². The van der Waals surface area contributed by atoms with E-state index >= 15 is 0 Å². The van der Waals surface area contributed by atoms with Crippen LogP contribution in [0.1, 0.15) is 50.4 Å². The number of hydrogen-bond acceptors (Lipinski definition) is 3. The van der Waals surface area contributed by atoms with Crippen molar-refractivity contribution in [1.82, 2.24) is 5.32 Å². The van der Waals surface area contributed by atoms with Crippen molar-refractivity contribution in [1.29, 1.82) is 0 Å². The summed E-state index contributed by atoms with van der Waals surface area (Å²) in [6, 6.07) is 6.87. The van der Waals surface area contributed by atoms with E-state index in [-0.39, 0.29) is 29.3 Å². The van der Waals surface area contributed by atoms with E-state index in [9.17, 15) is 9.59 Å². The van der Waals surface area contributed by atoms with Gasteiger partial charge in [-0.2, -0.15) is 0 Å². The van der Waals surface area contributed by atoms with E-state index in [2.05, 4.69) is 10.6 Å². The second-order valence-corrected chi connectivity index (χ2v) is 6.97. The average molecular weight is 303 g/mol. The Morgan fingerprint density at radius 3 is 2.27 bits per heavy atom. The minimum absolute atomic E-state index is 0.0307. The summed E-state index contributed by atoms with van der Waals surface area (Å²) < 4.78 is 0. The van der Waals surface area contributed by atoms with Gasteiger partial charge in [0.2, 0.25) is 5.91 Å². The SMILES string of the molecule is CC(C)(C)NC(=O)c1ccc(NC(=O)C2CCCC2N)cc1. The van der Waals surface area contributed by atoms with Crippen molar-refractivity contribution < 1.29 is 9.59 Å². The predicted octanol–water partition coefficient (Wildman–Crippen LogP) is 2.28. The maximum absolute atomic E-state index is 12.2. The Kier molecular flexibility index (Phi) is 4.86. The van der Waals surface area contributed by atoms with E-state index in [0.29, 0.717) is 11.3 Å². The second-order valence-electron chi connectivity index (χ2n) is 6.97. The number of carbonyl (C=O) groups excluding carboxylic acids is 2. The van der Waals surface area contributed by atoms with Crippen molar-refractivity contribution in [3.63, 3.8) is 0 Å². The molecule has 1 aromatic rings. The zero-order valence-electron chi connectivity index (χ0n) is 13.5. The lowest BCUT2D eigenvalue weighted by molar-refractivity contribution is -0.120. The van der Waals surface area contributed by atoms with Crippen LogP contribution in [-0.4, -0.2) is 23.4 Å². The molecule has 0 spiro atoms. The smallest absolute Gasteiger partial charge is 0.251 e. The van der Waals surface area contributed by atoms with E-state index < -0.39 is 0 Å². The molecule has 4 N–H and O–H groups in total. The Balaban J connectivity index is 1.97. The molecule has 2 atom stereocenters. The first-order chi connectivity index (χ1) is 10.3. The van der Waals surface area contributed by atoms with Crippen LogP contribution >= 0.6 is 0 Å². The number of rotatable bonds is 3. The first-order valence-corrected chi connectivity index (χ1v) is 7.75. The minimum atomic E-state index is -0.275. The summed E-state index contributed by atoms with van der Waals surface area (Å²) in [6.07, 6.45) is 2.76. The quantitative estimate of drug-likeness (QED) is 0.801. The Labute approximate surface area is 131 Å². The molecule has 0 saturated heterocycles. The first-order valence-electron chi connectivity index (χ1n) is 7.75. The summed E-state index contributed by atoms with van der Waals surface area (Å²) in [6.45, 7) is 5.80. The van der Waals surface area contributed by atoms with Gasteiger partial charge >= 0.3 is 0 Å². The lowest BCUT2D eigenvalue weighted by Gasteiger charge is -2.20. The van der Waals surface area contributed by atoms with Crippen molar-refractivity contribution in [3.8, 4) is 0 Å². The fraction of sp³-hybridized carbons (Fsp3) is 0.529. The minimum Gasteiger partial charge on any atom is -0.347 e. The molecule has 0 aromatic heterocycles. The molecule has 1 saturated carbocycles. The van der Waals surface area contributed by atoms with Crippen LogP contribution in [0.4, 0.5) is 5.69 Å². The van der Waals surface area contributed by atoms with E-state index in [1.807, 2.05) is 20.8 Å². The molecule has 0 radical (unpaired) electrons. The van der Waals surface area contributed by atoms with Gasteiger partial charge < -0.3 is 16.4 Å². The molecule has 5 heteroatoms. The third kappa shape index (κ3) is 4.31. The van der Waals surface area contributed by atoms with Gasteiger partial charge in [0.1, 0.15) is 0 Å². The third-order valence-corrected chi connectivity index (χ3v) is 3.81. The summed E-state index contributed by atoms with van der Waals surface area (Å²) in [5.41, 5.74) is 6.93. The lowest BCUT2D eigenvalue weighted by Crippen LogP contribution is -2.40. The Hall–Kier alpha value is -1.88. The van der Waals surface area contributed by atoms with Crippen LogP contribution in [-0.2, 0) is 4.79 Å². The van der Waals surface area contributed by atoms with Crippen LogP contribution in [0.25, 0.3) is 0 Å². The molecule has 2 unspecified atom stereocenters. The first kappa shape index (κ1) is 16.5. The van der Waals surface area contributed by atoms with Gasteiger partial charge in [0.25, 0.3) is 5.91 Å². The van der Waals surface area contributed by atoms with E-state index in [1.54, 1.807) is 24.3 Å². The van der Waals surface area contributed by atoms with Crippen LogP contribution in [0, 0.1) is 5.92 Å². The standard InChI is InChI=1S/C17H25N3O2/c1-17(2,3)20-15(21)11-7-9-12(10-8-11)19-16(22)13-5-4-6-14(13)18/h7-10,13-14H,4-6,18H2,1-3H3,(H,19,22)(H,20,21). The highest BCUT2D eigenvalue weighted by molar-refractivity contribution is 5.96. The molecule has 22 heavy (non-hydrogen) atoms. The highest BCUT2D eigenvalue weighted by Gasteiger charge is 2.30. The zero-order valence-corrected chi connectivity index (χ0v) is 13.5.